The second-order valence-corrected chi connectivity index (χ2v) is 6.42. The lowest BCUT2D eigenvalue weighted by molar-refractivity contribution is -0.125. The van der Waals surface area contributed by atoms with E-state index in [0.29, 0.717) is 24.1 Å². The van der Waals surface area contributed by atoms with Crippen LogP contribution in [0, 0.1) is 6.92 Å². The molecule has 6 heteroatoms. The molecule has 3 heterocycles. The summed E-state index contributed by atoms with van der Waals surface area (Å²) < 4.78 is 1.85. The predicted molar refractivity (Wildman–Crippen MR) is 82.6 cm³/mol. The van der Waals surface area contributed by atoms with E-state index in [1.54, 1.807) is 6.20 Å². The van der Waals surface area contributed by atoms with Crippen molar-refractivity contribution in [1.29, 1.82) is 0 Å². The van der Waals surface area contributed by atoms with E-state index in [0.717, 1.165) is 5.56 Å². The smallest absolute Gasteiger partial charge is 0.255 e. The molecule has 2 aromatic heterocycles. The summed E-state index contributed by atoms with van der Waals surface area (Å²) in [5.74, 6) is -0.129. The number of carbonyl (C=O) groups is 2. The lowest BCUT2D eigenvalue weighted by atomic mass is 9.86. The maximum atomic E-state index is 12.7. The minimum atomic E-state index is -0.458. The van der Waals surface area contributed by atoms with Crippen LogP contribution in [-0.2, 0) is 4.79 Å². The number of hydrogen-bond donors (Lipinski definition) is 2. The number of nitrogens with zero attached hydrogens (tertiary/aromatic N) is 2. The van der Waals surface area contributed by atoms with Gasteiger partial charge in [-0.2, -0.15) is 0 Å². The number of piperidine rings is 1. The normalized spacial score (nSPS) is 20.7. The van der Waals surface area contributed by atoms with Crippen LogP contribution < -0.4 is 10.6 Å². The van der Waals surface area contributed by atoms with Gasteiger partial charge in [-0.05, 0) is 38.8 Å². The Balaban J connectivity index is 1.87. The van der Waals surface area contributed by atoms with E-state index in [9.17, 15) is 9.59 Å². The summed E-state index contributed by atoms with van der Waals surface area (Å²) in [5, 5.41) is 5.98. The second kappa shape index (κ2) is 5.12. The van der Waals surface area contributed by atoms with E-state index < -0.39 is 5.54 Å². The molecule has 22 heavy (non-hydrogen) atoms. The Morgan fingerprint density at radius 1 is 1.50 bits per heavy atom. The Bertz CT molecular complexity index is 748. The number of imidazole rings is 1. The molecule has 0 bridgehead atoms. The molecule has 1 aliphatic rings. The zero-order valence-corrected chi connectivity index (χ0v) is 13.0. The van der Waals surface area contributed by atoms with Crippen molar-refractivity contribution in [3.05, 3.63) is 35.8 Å². The van der Waals surface area contributed by atoms with E-state index >= 15 is 0 Å². The Morgan fingerprint density at radius 3 is 3.00 bits per heavy atom. The second-order valence-electron chi connectivity index (χ2n) is 6.42. The summed E-state index contributed by atoms with van der Waals surface area (Å²) in [6, 6.07) is 1.74. The molecule has 2 N–H and O–H groups in total. The minimum Gasteiger partial charge on any atom is -0.349 e. The molecule has 116 valence electrons. The number of hydrogen-bond acceptors (Lipinski definition) is 3. The lowest BCUT2D eigenvalue weighted by Gasteiger charge is -2.39. The van der Waals surface area contributed by atoms with Crippen molar-refractivity contribution < 1.29 is 9.59 Å². The maximum Gasteiger partial charge on any atom is 0.255 e. The van der Waals surface area contributed by atoms with E-state index in [4.69, 9.17) is 0 Å². The van der Waals surface area contributed by atoms with Gasteiger partial charge in [-0.1, -0.05) is 0 Å². The highest BCUT2D eigenvalue weighted by atomic mass is 16.2. The summed E-state index contributed by atoms with van der Waals surface area (Å²) in [6.07, 6.45) is 6.51. The summed E-state index contributed by atoms with van der Waals surface area (Å²) in [5.41, 5.74) is 1.73. The fourth-order valence-electron chi connectivity index (χ4n) is 2.98. The van der Waals surface area contributed by atoms with Gasteiger partial charge in [-0.3, -0.25) is 9.59 Å². The Kier molecular flexibility index (Phi) is 3.39. The fourth-order valence-corrected chi connectivity index (χ4v) is 2.98. The molecule has 2 aromatic rings. The van der Waals surface area contributed by atoms with Crippen LogP contribution in [0.1, 0.15) is 42.6 Å². The van der Waals surface area contributed by atoms with Gasteiger partial charge in [-0.15, -0.1) is 0 Å². The van der Waals surface area contributed by atoms with E-state index in [1.807, 2.05) is 43.6 Å². The molecule has 0 spiro atoms. The van der Waals surface area contributed by atoms with Crippen LogP contribution in [-0.4, -0.2) is 32.8 Å². The number of fused-ring (bicyclic) bond motifs is 1. The third-order valence-electron chi connectivity index (χ3n) is 4.17. The summed E-state index contributed by atoms with van der Waals surface area (Å²) in [7, 11) is 0. The van der Waals surface area contributed by atoms with Crippen molar-refractivity contribution in [2.24, 2.45) is 0 Å². The first-order chi connectivity index (χ1) is 10.4. The molecule has 0 aliphatic carbocycles. The van der Waals surface area contributed by atoms with E-state index in [1.165, 1.54) is 0 Å². The SMILES string of the molecule is Cc1cc(C(=O)NC2CCC(=O)NC2(C)C)c2nccn2c1. The van der Waals surface area contributed by atoms with Crippen molar-refractivity contribution in [1.82, 2.24) is 20.0 Å². The molecule has 0 saturated carbocycles. The molecular formula is C16H20N4O2. The number of aryl methyl sites for hydroxylation is 1. The minimum absolute atomic E-state index is 0.0294. The van der Waals surface area contributed by atoms with E-state index in [2.05, 4.69) is 15.6 Å². The van der Waals surface area contributed by atoms with Crippen LogP contribution >= 0.6 is 0 Å². The first-order valence-electron chi connectivity index (χ1n) is 7.42. The zero-order chi connectivity index (χ0) is 15.9. The van der Waals surface area contributed by atoms with Gasteiger partial charge < -0.3 is 15.0 Å². The van der Waals surface area contributed by atoms with Gasteiger partial charge in [0.25, 0.3) is 5.91 Å². The highest BCUT2D eigenvalue weighted by Gasteiger charge is 2.36. The predicted octanol–water partition coefficient (Wildman–Crippen LogP) is 1.43. The Labute approximate surface area is 128 Å². The van der Waals surface area contributed by atoms with Crippen LogP contribution in [0.2, 0.25) is 0 Å². The highest BCUT2D eigenvalue weighted by Crippen LogP contribution is 2.21. The molecule has 1 atom stereocenters. The van der Waals surface area contributed by atoms with Crippen molar-refractivity contribution in [3.8, 4) is 0 Å². The lowest BCUT2D eigenvalue weighted by Crippen LogP contribution is -2.62. The topological polar surface area (TPSA) is 75.5 Å². The number of rotatable bonds is 2. The van der Waals surface area contributed by atoms with Gasteiger partial charge in [0.2, 0.25) is 5.91 Å². The molecular weight excluding hydrogens is 280 g/mol. The van der Waals surface area contributed by atoms with Gasteiger partial charge in [0.05, 0.1) is 17.1 Å². The monoisotopic (exact) mass is 300 g/mol. The molecule has 2 amide bonds. The van der Waals surface area contributed by atoms with Crippen molar-refractivity contribution in [2.75, 3.05) is 0 Å². The number of nitrogens with one attached hydrogen (secondary N) is 2. The van der Waals surface area contributed by atoms with Gasteiger partial charge in [0.1, 0.15) is 5.65 Å². The summed E-state index contributed by atoms with van der Waals surface area (Å²) in [4.78, 5) is 28.5. The zero-order valence-electron chi connectivity index (χ0n) is 13.0. The highest BCUT2D eigenvalue weighted by molar-refractivity contribution is 6.00. The van der Waals surface area contributed by atoms with Gasteiger partial charge in [0, 0.05) is 25.0 Å². The molecule has 0 aromatic carbocycles. The third kappa shape index (κ3) is 2.56. The van der Waals surface area contributed by atoms with Gasteiger partial charge in [-0.25, -0.2) is 4.98 Å². The molecule has 1 unspecified atom stereocenters. The first kappa shape index (κ1) is 14.6. The van der Waals surface area contributed by atoms with Crippen LogP contribution in [0.15, 0.2) is 24.7 Å². The molecule has 1 saturated heterocycles. The Morgan fingerprint density at radius 2 is 2.27 bits per heavy atom. The van der Waals surface area contributed by atoms with Crippen molar-refractivity contribution in [2.45, 2.75) is 45.2 Å². The van der Waals surface area contributed by atoms with Crippen molar-refractivity contribution >= 4 is 17.5 Å². The third-order valence-corrected chi connectivity index (χ3v) is 4.17. The molecule has 0 radical (unpaired) electrons. The maximum absolute atomic E-state index is 12.7. The van der Waals surface area contributed by atoms with Gasteiger partial charge >= 0.3 is 0 Å². The quantitative estimate of drug-likeness (QED) is 0.881. The number of aromatic nitrogens is 2. The van der Waals surface area contributed by atoms with Crippen LogP contribution in [0.3, 0.4) is 0 Å². The number of pyridine rings is 1. The van der Waals surface area contributed by atoms with Gasteiger partial charge in [0.15, 0.2) is 0 Å². The fraction of sp³-hybridized carbons (Fsp3) is 0.438. The first-order valence-corrected chi connectivity index (χ1v) is 7.42. The van der Waals surface area contributed by atoms with E-state index in [-0.39, 0.29) is 17.9 Å². The number of carbonyl (C=O) groups excluding carboxylic acids is 2. The molecule has 1 aliphatic heterocycles. The molecule has 3 rings (SSSR count). The van der Waals surface area contributed by atoms with Crippen LogP contribution in [0.25, 0.3) is 5.65 Å². The summed E-state index contributed by atoms with van der Waals surface area (Å²) >= 11 is 0. The average Bonchev–Trinajstić information content (AvgIpc) is 2.88. The number of amides is 2. The van der Waals surface area contributed by atoms with Crippen LogP contribution in [0.4, 0.5) is 0 Å². The van der Waals surface area contributed by atoms with Crippen LogP contribution in [0.5, 0.6) is 0 Å². The molecule has 6 nitrogen and oxygen atoms in total. The standard InChI is InChI=1S/C16H20N4O2/c1-10-8-11(14-17-6-7-20(14)9-10)15(22)18-12-4-5-13(21)19-16(12,2)3/h6-9,12H,4-5H2,1-3H3,(H,18,22)(H,19,21). The summed E-state index contributed by atoms with van der Waals surface area (Å²) in [6.45, 7) is 5.80. The van der Waals surface area contributed by atoms with Crippen molar-refractivity contribution in [3.63, 3.8) is 0 Å². The Hall–Kier alpha value is -2.37. The average molecular weight is 300 g/mol. The molecule has 1 fully saturated rings. The largest absolute Gasteiger partial charge is 0.349 e.